The van der Waals surface area contributed by atoms with Gasteiger partial charge in [-0.15, -0.1) is 0 Å². The molecule has 5 nitrogen and oxygen atoms in total. The number of nitrogens with zero attached hydrogens (tertiary/aromatic N) is 3. The molecular weight excluding hydrogens is 250 g/mol. The Hall–Kier alpha value is -0.720. The lowest BCUT2D eigenvalue weighted by Crippen LogP contribution is -2.45. The van der Waals surface area contributed by atoms with Gasteiger partial charge in [-0.3, -0.25) is 0 Å². The van der Waals surface area contributed by atoms with Crippen LogP contribution in [0.1, 0.15) is 26.1 Å². The van der Waals surface area contributed by atoms with Gasteiger partial charge in [0.15, 0.2) is 0 Å². The molecule has 2 atom stereocenters. The maximum absolute atomic E-state index is 9.91. The van der Waals surface area contributed by atoms with E-state index in [-0.39, 0.29) is 12.5 Å². The van der Waals surface area contributed by atoms with E-state index in [2.05, 4.69) is 28.1 Å². The van der Waals surface area contributed by atoms with Crippen LogP contribution in [0.4, 0.5) is 5.13 Å². The van der Waals surface area contributed by atoms with Gasteiger partial charge in [0.2, 0.25) is 5.13 Å². The number of aliphatic hydroxyl groups is 2. The molecule has 1 aromatic rings. The number of anilines is 1. The van der Waals surface area contributed by atoms with Gasteiger partial charge in [0.25, 0.3) is 0 Å². The molecule has 0 bridgehead atoms. The van der Waals surface area contributed by atoms with Crippen molar-refractivity contribution in [3.05, 3.63) is 5.82 Å². The maximum Gasteiger partial charge on any atom is 0.205 e. The van der Waals surface area contributed by atoms with Crippen molar-refractivity contribution >= 4 is 16.7 Å². The van der Waals surface area contributed by atoms with Crippen molar-refractivity contribution in [1.82, 2.24) is 9.36 Å². The lowest BCUT2D eigenvalue weighted by molar-refractivity contribution is 0.0548. The van der Waals surface area contributed by atoms with Gasteiger partial charge in [0.1, 0.15) is 5.82 Å². The minimum atomic E-state index is -0.471. The Morgan fingerprint density at radius 1 is 1.50 bits per heavy atom. The van der Waals surface area contributed by atoms with Crippen LogP contribution in [0.3, 0.4) is 0 Å². The monoisotopic (exact) mass is 271 g/mol. The van der Waals surface area contributed by atoms with E-state index in [1.807, 2.05) is 0 Å². The van der Waals surface area contributed by atoms with E-state index in [0.29, 0.717) is 12.5 Å². The van der Waals surface area contributed by atoms with E-state index in [1.54, 1.807) is 0 Å². The highest BCUT2D eigenvalue weighted by Gasteiger charge is 2.28. The topological polar surface area (TPSA) is 69.5 Å². The quantitative estimate of drug-likeness (QED) is 0.852. The smallest absolute Gasteiger partial charge is 0.205 e. The first-order valence-electron chi connectivity index (χ1n) is 6.46. The molecule has 102 valence electrons. The number of aromatic nitrogens is 2. The first-order valence-corrected chi connectivity index (χ1v) is 7.24. The Bertz CT molecular complexity index is 383. The van der Waals surface area contributed by atoms with Crippen LogP contribution in [-0.2, 0) is 6.42 Å². The van der Waals surface area contributed by atoms with Crippen LogP contribution in [-0.4, -0.2) is 45.4 Å². The normalized spacial score (nSPS) is 24.8. The summed E-state index contributed by atoms with van der Waals surface area (Å²) >= 11 is 1.40. The van der Waals surface area contributed by atoms with Gasteiger partial charge in [0.05, 0.1) is 6.10 Å². The lowest BCUT2D eigenvalue weighted by atomic mass is 9.95. The summed E-state index contributed by atoms with van der Waals surface area (Å²) in [6.07, 6.45) is 1.23. The Kier molecular flexibility index (Phi) is 4.53. The molecule has 18 heavy (non-hydrogen) atoms. The molecule has 0 radical (unpaired) electrons. The van der Waals surface area contributed by atoms with Crippen molar-refractivity contribution < 1.29 is 10.2 Å². The van der Waals surface area contributed by atoms with Gasteiger partial charge in [-0.2, -0.15) is 4.37 Å². The fourth-order valence-electron chi connectivity index (χ4n) is 2.19. The van der Waals surface area contributed by atoms with Crippen molar-refractivity contribution in [1.29, 1.82) is 0 Å². The van der Waals surface area contributed by atoms with E-state index < -0.39 is 6.10 Å². The van der Waals surface area contributed by atoms with Crippen LogP contribution >= 0.6 is 11.5 Å². The molecule has 6 heteroatoms. The summed E-state index contributed by atoms with van der Waals surface area (Å²) in [5.74, 6) is 1.45. The molecule has 2 N–H and O–H groups in total. The molecule has 1 saturated heterocycles. The maximum atomic E-state index is 9.91. The Labute approximate surface area is 112 Å². The lowest BCUT2D eigenvalue weighted by Gasteiger charge is -2.34. The highest BCUT2D eigenvalue weighted by atomic mass is 32.1. The van der Waals surface area contributed by atoms with Crippen molar-refractivity contribution in [3.63, 3.8) is 0 Å². The standard InChI is InChI=1S/C12H21N3O2S/c1-8(2)5-11-13-12(18-14-11)15-4-3-9(7-16)10(17)6-15/h8-10,16-17H,3-7H2,1-2H3. The summed E-state index contributed by atoms with van der Waals surface area (Å²) in [4.78, 5) is 6.59. The Morgan fingerprint density at radius 3 is 2.89 bits per heavy atom. The average molecular weight is 271 g/mol. The second-order valence-corrected chi connectivity index (χ2v) is 6.07. The molecule has 0 spiro atoms. The predicted molar refractivity (Wildman–Crippen MR) is 71.9 cm³/mol. The SMILES string of the molecule is CC(C)Cc1nsc(N2CCC(CO)C(O)C2)n1. The van der Waals surface area contributed by atoms with Gasteiger partial charge in [-0.25, -0.2) is 4.98 Å². The molecule has 2 heterocycles. The molecule has 0 aromatic carbocycles. The molecule has 0 amide bonds. The van der Waals surface area contributed by atoms with Crippen LogP contribution < -0.4 is 4.90 Å². The summed E-state index contributed by atoms with van der Waals surface area (Å²) < 4.78 is 4.35. The number of piperidine rings is 1. The molecular formula is C12H21N3O2S. The predicted octanol–water partition coefficient (Wildman–Crippen LogP) is 0.916. The van der Waals surface area contributed by atoms with Crippen LogP contribution in [0.5, 0.6) is 0 Å². The van der Waals surface area contributed by atoms with Crippen molar-refractivity contribution in [2.75, 3.05) is 24.6 Å². The molecule has 1 aromatic heterocycles. The molecule has 2 unspecified atom stereocenters. The van der Waals surface area contributed by atoms with Gasteiger partial charge >= 0.3 is 0 Å². The van der Waals surface area contributed by atoms with E-state index in [9.17, 15) is 5.11 Å². The van der Waals surface area contributed by atoms with Crippen molar-refractivity contribution in [2.45, 2.75) is 32.8 Å². The van der Waals surface area contributed by atoms with Crippen molar-refractivity contribution in [2.24, 2.45) is 11.8 Å². The first kappa shape index (κ1) is 13.7. The largest absolute Gasteiger partial charge is 0.396 e. The Balaban J connectivity index is 1.98. The van der Waals surface area contributed by atoms with Gasteiger partial charge in [0, 0.05) is 43.6 Å². The van der Waals surface area contributed by atoms with E-state index in [4.69, 9.17) is 5.11 Å². The number of hydrogen-bond acceptors (Lipinski definition) is 6. The van der Waals surface area contributed by atoms with Crippen LogP contribution in [0, 0.1) is 11.8 Å². The van der Waals surface area contributed by atoms with Crippen molar-refractivity contribution in [3.8, 4) is 0 Å². The summed E-state index contributed by atoms with van der Waals surface area (Å²) in [7, 11) is 0. The zero-order chi connectivity index (χ0) is 13.1. The number of rotatable bonds is 4. The Morgan fingerprint density at radius 2 is 2.28 bits per heavy atom. The third-order valence-corrected chi connectivity index (χ3v) is 4.09. The fraction of sp³-hybridized carbons (Fsp3) is 0.833. The highest BCUT2D eigenvalue weighted by Crippen LogP contribution is 2.25. The molecule has 0 saturated carbocycles. The molecule has 0 aliphatic carbocycles. The third-order valence-electron chi connectivity index (χ3n) is 3.27. The number of hydrogen-bond donors (Lipinski definition) is 2. The minimum Gasteiger partial charge on any atom is -0.396 e. The van der Waals surface area contributed by atoms with Gasteiger partial charge in [-0.05, 0) is 12.3 Å². The fourth-order valence-corrected chi connectivity index (χ4v) is 2.92. The van der Waals surface area contributed by atoms with E-state index in [1.165, 1.54) is 11.5 Å². The second kappa shape index (κ2) is 5.95. The minimum absolute atomic E-state index is 0.00399. The van der Waals surface area contributed by atoms with Crippen LogP contribution in [0.25, 0.3) is 0 Å². The van der Waals surface area contributed by atoms with E-state index in [0.717, 1.165) is 30.3 Å². The van der Waals surface area contributed by atoms with E-state index >= 15 is 0 Å². The summed E-state index contributed by atoms with van der Waals surface area (Å²) in [5, 5.41) is 19.9. The summed E-state index contributed by atoms with van der Waals surface area (Å²) in [5.41, 5.74) is 0. The number of aliphatic hydroxyl groups excluding tert-OH is 2. The van der Waals surface area contributed by atoms with Gasteiger partial charge < -0.3 is 15.1 Å². The van der Waals surface area contributed by atoms with Crippen LogP contribution in [0.2, 0.25) is 0 Å². The summed E-state index contributed by atoms with van der Waals surface area (Å²) in [6.45, 7) is 5.73. The zero-order valence-electron chi connectivity index (χ0n) is 10.9. The highest BCUT2D eigenvalue weighted by molar-refractivity contribution is 7.09. The molecule has 2 rings (SSSR count). The molecule has 1 fully saturated rings. The second-order valence-electron chi connectivity index (χ2n) is 5.34. The molecule has 1 aliphatic heterocycles. The zero-order valence-corrected chi connectivity index (χ0v) is 11.7. The summed E-state index contributed by atoms with van der Waals surface area (Å²) in [6, 6.07) is 0. The average Bonchev–Trinajstić information content (AvgIpc) is 2.76. The van der Waals surface area contributed by atoms with Gasteiger partial charge in [-0.1, -0.05) is 13.8 Å². The third kappa shape index (κ3) is 3.18. The first-order chi connectivity index (χ1) is 8.60. The molecule has 1 aliphatic rings. The number of β-amino-alcohol motifs (C(OH)–C–C–N with tert-alkyl or cyclic N) is 1. The van der Waals surface area contributed by atoms with Crippen LogP contribution in [0.15, 0.2) is 0 Å².